The van der Waals surface area contributed by atoms with E-state index in [9.17, 15) is 26.8 Å². The average molecular weight is 490 g/mol. The van der Waals surface area contributed by atoms with Gasteiger partial charge in [-0.25, -0.2) is 17.2 Å². The molecule has 2 amide bonds. The van der Waals surface area contributed by atoms with Crippen molar-refractivity contribution >= 4 is 33.2 Å². The quantitative estimate of drug-likeness (QED) is 0.463. The van der Waals surface area contributed by atoms with Crippen molar-refractivity contribution < 1.29 is 26.8 Å². The zero-order valence-corrected chi connectivity index (χ0v) is 19.2. The molecule has 3 aromatic rings. The predicted molar refractivity (Wildman–Crippen MR) is 122 cm³/mol. The number of nitrogens with two attached hydrogens (primary N) is 1. The third-order valence-corrected chi connectivity index (χ3v) is 5.53. The summed E-state index contributed by atoms with van der Waals surface area (Å²) in [6, 6.07) is 10.9. The normalized spacial score (nSPS) is 11.7. The Labute approximate surface area is 194 Å². The van der Waals surface area contributed by atoms with E-state index < -0.39 is 44.5 Å². The van der Waals surface area contributed by atoms with Gasteiger partial charge in [0, 0.05) is 5.69 Å². The highest BCUT2D eigenvalue weighted by molar-refractivity contribution is 7.89. The zero-order chi connectivity index (χ0) is 25.3. The minimum atomic E-state index is -3.73. The van der Waals surface area contributed by atoms with E-state index in [1.54, 1.807) is 38.1 Å². The lowest BCUT2D eigenvalue weighted by Gasteiger charge is -2.24. The van der Waals surface area contributed by atoms with Crippen molar-refractivity contribution in [1.29, 1.82) is 0 Å². The highest BCUT2D eigenvalue weighted by atomic mass is 32.2. The predicted octanol–water partition coefficient (Wildman–Crippen LogP) is 2.62. The van der Waals surface area contributed by atoms with E-state index in [0.29, 0.717) is 11.3 Å². The SMILES string of the molecule is CC(C)(C(=O)NS(C)(=O)=O)c1ccc(Nc2cc(-c3c(F)cccc3F)nnc2C(N)=O)cc1. The first-order valence-electron chi connectivity index (χ1n) is 9.81. The molecule has 0 aliphatic rings. The highest BCUT2D eigenvalue weighted by Gasteiger charge is 2.31. The fourth-order valence-corrected chi connectivity index (χ4v) is 3.68. The monoisotopic (exact) mass is 489 g/mol. The van der Waals surface area contributed by atoms with Crippen molar-refractivity contribution in [1.82, 2.24) is 14.9 Å². The zero-order valence-electron chi connectivity index (χ0n) is 18.4. The van der Waals surface area contributed by atoms with Crippen LogP contribution >= 0.6 is 0 Å². The first kappa shape index (κ1) is 24.7. The summed E-state index contributed by atoms with van der Waals surface area (Å²) < 4.78 is 53.1. The molecule has 0 radical (unpaired) electrons. The molecule has 1 heterocycles. The van der Waals surface area contributed by atoms with E-state index >= 15 is 0 Å². The van der Waals surface area contributed by atoms with Crippen molar-refractivity contribution in [2.75, 3.05) is 11.6 Å². The van der Waals surface area contributed by atoms with Gasteiger partial charge in [-0.3, -0.25) is 14.3 Å². The van der Waals surface area contributed by atoms with Crippen LogP contribution in [-0.2, 0) is 20.2 Å². The van der Waals surface area contributed by atoms with E-state index in [1.165, 1.54) is 12.1 Å². The molecule has 0 saturated carbocycles. The van der Waals surface area contributed by atoms with Gasteiger partial charge in [0.25, 0.3) is 5.91 Å². The van der Waals surface area contributed by atoms with Crippen LogP contribution in [0.3, 0.4) is 0 Å². The number of primary amides is 1. The molecule has 0 atom stereocenters. The van der Waals surface area contributed by atoms with E-state index in [0.717, 1.165) is 18.4 Å². The maximum atomic E-state index is 14.2. The summed E-state index contributed by atoms with van der Waals surface area (Å²) >= 11 is 0. The van der Waals surface area contributed by atoms with Gasteiger partial charge in [0.1, 0.15) is 17.3 Å². The number of nitrogens with zero attached hydrogens (tertiary/aromatic N) is 2. The standard InChI is InChI=1S/C22H21F2N5O4S/c1-22(2,21(31)29-34(3,32)33)12-7-9-13(10-8-12)26-17-11-16(27-28-19(17)20(25)30)18-14(23)5-4-6-15(18)24/h4-11H,1-3H3,(H2,25,30)(H,26,27)(H,29,31). The second kappa shape index (κ2) is 9.14. The lowest BCUT2D eigenvalue weighted by Crippen LogP contribution is -2.42. The van der Waals surface area contributed by atoms with Crippen molar-refractivity contribution in [3.63, 3.8) is 0 Å². The number of anilines is 2. The Morgan fingerprint density at radius 3 is 2.12 bits per heavy atom. The Bertz CT molecular complexity index is 1360. The van der Waals surface area contributed by atoms with Crippen LogP contribution in [0.4, 0.5) is 20.2 Å². The topological polar surface area (TPSA) is 144 Å². The van der Waals surface area contributed by atoms with Crippen LogP contribution in [0.1, 0.15) is 29.9 Å². The largest absolute Gasteiger partial charge is 0.364 e. The molecular formula is C22H21F2N5O4S. The lowest BCUT2D eigenvalue weighted by molar-refractivity contribution is -0.123. The summed E-state index contributed by atoms with van der Waals surface area (Å²) in [5, 5.41) is 10.3. The number of nitrogens with one attached hydrogen (secondary N) is 2. The summed E-state index contributed by atoms with van der Waals surface area (Å²) in [5.41, 5.74) is 4.36. The molecule has 0 aliphatic carbocycles. The second-order valence-electron chi connectivity index (χ2n) is 7.98. The number of sulfonamides is 1. The van der Waals surface area contributed by atoms with E-state index in [2.05, 4.69) is 15.5 Å². The Morgan fingerprint density at radius 1 is 1.00 bits per heavy atom. The third kappa shape index (κ3) is 5.34. The minimum Gasteiger partial charge on any atom is -0.364 e. The molecule has 0 saturated heterocycles. The lowest BCUT2D eigenvalue weighted by atomic mass is 9.84. The molecule has 9 nitrogen and oxygen atoms in total. The number of hydrogen-bond donors (Lipinski definition) is 3. The van der Waals surface area contributed by atoms with Crippen LogP contribution in [-0.4, -0.2) is 36.7 Å². The number of rotatable bonds is 7. The van der Waals surface area contributed by atoms with Crippen molar-refractivity contribution in [3.8, 4) is 11.3 Å². The minimum absolute atomic E-state index is 0.0574. The Morgan fingerprint density at radius 2 is 1.59 bits per heavy atom. The molecule has 0 unspecified atom stereocenters. The maximum Gasteiger partial charge on any atom is 0.271 e. The van der Waals surface area contributed by atoms with Gasteiger partial charge in [-0.05, 0) is 49.7 Å². The van der Waals surface area contributed by atoms with E-state index in [-0.39, 0.29) is 17.1 Å². The van der Waals surface area contributed by atoms with E-state index in [4.69, 9.17) is 5.73 Å². The average Bonchev–Trinajstić information content (AvgIpc) is 2.73. The number of amides is 2. The number of hydrogen-bond acceptors (Lipinski definition) is 7. The van der Waals surface area contributed by atoms with Crippen molar-refractivity contribution in [2.24, 2.45) is 5.73 Å². The van der Waals surface area contributed by atoms with Gasteiger partial charge in [0.05, 0.1) is 22.9 Å². The molecule has 12 heteroatoms. The molecule has 0 fully saturated rings. The van der Waals surface area contributed by atoms with E-state index in [1.807, 2.05) is 4.72 Å². The molecule has 1 aromatic heterocycles. The van der Waals surface area contributed by atoms with Crippen LogP contribution in [0.15, 0.2) is 48.5 Å². The molecule has 0 aliphatic heterocycles. The first-order valence-corrected chi connectivity index (χ1v) is 11.7. The Kier molecular flexibility index (Phi) is 6.64. The third-order valence-electron chi connectivity index (χ3n) is 4.98. The summed E-state index contributed by atoms with van der Waals surface area (Å²) in [5.74, 6) is -3.33. The van der Waals surface area contributed by atoms with Crippen LogP contribution in [0.2, 0.25) is 0 Å². The van der Waals surface area contributed by atoms with Gasteiger partial charge >= 0.3 is 0 Å². The van der Waals surface area contributed by atoms with Crippen molar-refractivity contribution in [2.45, 2.75) is 19.3 Å². The van der Waals surface area contributed by atoms with Crippen molar-refractivity contribution in [3.05, 3.63) is 71.4 Å². The summed E-state index contributed by atoms with van der Waals surface area (Å²) in [6.45, 7) is 3.12. The van der Waals surface area contributed by atoms with Gasteiger partial charge in [-0.1, -0.05) is 18.2 Å². The number of carbonyl (C=O) groups excluding carboxylic acids is 2. The van der Waals surface area contributed by atoms with Crippen LogP contribution in [0.5, 0.6) is 0 Å². The number of aromatic nitrogens is 2. The van der Waals surface area contributed by atoms with Gasteiger partial charge in [-0.15, -0.1) is 10.2 Å². The molecule has 2 aromatic carbocycles. The summed E-state index contributed by atoms with van der Waals surface area (Å²) in [6.07, 6.45) is 0.883. The molecule has 178 valence electrons. The second-order valence-corrected chi connectivity index (χ2v) is 9.73. The van der Waals surface area contributed by atoms with Crippen LogP contribution in [0, 0.1) is 11.6 Å². The number of carbonyl (C=O) groups is 2. The van der Waals surface area contributed by atoms with Crippen LogP contribution in [0.25, 0.3) is 11.3 Å². The maximum absolute atomic E-state index is 14.2. The summed E-state index contributed by atoms with van der Waals surface area (Å²) in [7, 11) is -3.73. The Hall–Kier alpha value is -3.93. The molecule has 0 bridgehead atoms. The Balaban J connectivity index is 1.95. The van der Waals surface area contributed by atoms with Gasteiger partial charge in [0.15, 0.2) is 5.69 Å². The molecule has 4 N–H and O–H groups in total. The molecule has 3 rings (SSSR count). The van der Waals surface area contributed by atoms with Gasteiger partial charge in [-0.2, -0.15) is 0 Å². The van der Waals surface area contributed by atoms with Crippen LogP contribution < -0.4 is 15.8 Å². The first-order chi connectivity index (χ1) is 15.8. The number of benzene rings is 2. The summed E-state index contributed by atoms with van der Waals surface area (Å²) in [4.78, 5) is 24.2. The number of halogens is 2. The fraction of sp³-hybridized carbons (Fsp3) is 0.182. The fourth-order valence-electron chi connectivity index (χ4n) is 3.09. The van der Waals surface area contributed by atoms with Gasteiger partial charge in [0.2, 0.25) is 15.9 Å². The van der Waals surface area contributed by atoms with Gasteiger partial charge < -0.3 is 11.1 Å². The molecule has 0 spiro atoms. The molecular weight excluding hydrogens is 468 g/mol. The smallest absolute Gasteiger partial charge is 0.271 e. The highest BCUT2D eigenvalue weighted by Crippen LogP contribution is 2.30. The molecule has 34 heavy (non-hydrogen) atoms.